The lowest BCUT2D eigenvalue weighted by Gasteiger charge is -2.13. The molecule has 0 fully saturated rings. The van der Waals surface area contributed by atoms with Gasteiger partial charge in [-0.1, -0.05) is 346 Å². The van der Waals surface area contributed by atoms with Crippen molar-refractivity contribution in [2.75, 3.05) is 0 Å². The van der Waals surface area contributed by atoms with Crippen molar-refractivity contribution in [1.82, 2.24) is 27.4 Å². The van der Waals surface area contributed by atoms with E-state index in [1.807, 2.05) is 0 Å². The summed E-state index contributed by atoms with van der Waals surface area (Å²) in [6.07, 6.45) is 0. The molecule has 0 aliphatic carbocycles. The van der Waals surface area contributed by atoms with E-state index in [2.05, 4.69) is 513 Å². The number of aromatic nitrogens is 6. The molecule has 6 nitrogen and oxygen atoms in total. The van der Waals surface area contributed by atoms with Crippen molar-refractivity contribution in [3.8, 4) is 67.5 Å². The molecule has 0 bridgehead atoms. The van der Waals surface area contributed by atoms with Crippen molar-refractivity contribution in [3.05, 3.63) is 485 Å². The first-order valence-electron chi connectivity index (χ1n) is 44.8. The van der Waals surface area contributed by atoms with Gasteiger partial charge in [0.1, 0.15) is 0 Å². The molecule has 0 saturated carbocycles. The molecule has 28 rings (SSSR count). The standard InChI is InChI=1S/C44H28N2.2C40H26N2/c1-3-15-33-29(11-1)13-9-21-39(33)45-42-20-8-6-18-36(42)38-27-31(24-26-43(38)45)32-23-25-37-35-17-5-7-19-41(35)46(44(37)28-32)40-22-10-14-30-12-2-4-16-34(30)40;1-2-13-30(14-3-1)41-37-18-8-7-17-33(37)35-25-28(22-24-39(35)41)29-21-23-34-32-16-6-9-19-38(32)42(40(34)26-29)36-20-10-12-27-11-4-5-15-31(27)36;1-2-13-30(14-3-1)41-37-18-8-6-16-32(37)34-23-21-29(26-40(34)41)28-22-24-39-35(25-28)33-17-7-9-19-38(33)42(39)36-20-10-12-27-11-4-5-15-31(27)36/h1-28H;2*1-26H. The molecule has 0 saturated heterocycles. The molecule has 6 heteroatoms. The van der Waals surface area contributed by atoms with E-state index in [1.54, 1.807) is 0 Å². The van der Waals surface area contributed by atoms with E-state index in [4.69, 9.17) is 0 Å². The van der Waals surface area contributed by atoms with E-state index < -0.39 is 0 Å². The number of nitrogens with zero attached hydrogens (tertiary/aromatic N) is 6. The summed E-state index contributed by atoms with van der Waals surface area (Å²) in [4.78, 5) is 0. The summed E-state index contributed by atoms with van der Waals surface area (Å²) >= 11 is 0. The number of benzene rings is 22. The molecule has 22 aromatic carbocycles. The van der Waals surface area contributed by atoms with Crippen LogP contribution in [0.2, 0.25) is 0 Å². The normalized spacial score (nSPS) is 11.8. The average molecular weight is 1650 g/mol. The van der Waals surface area contributed by atoms with Crippen LogP contribution in [-0.2, 0) is 0 Å². The lowest BCUT2D eigenvalue weighted by molar-refractivity contribution is 1.18. The molecule has 0 amide bonds. The van der Waals surface area contributed by atoms with Gasteiger partial charge in [0.25, 0.3) is 0 Å². The summed E-state index contributed by atoms with van der Waals surface area (Å²) in [5.74, 6) is 0. The molecule has 0 spiro atoms. The topological polar surface area (TPSA) is 29.6 Å². The largest absolute Gasteiger partial charge is 0.309 e. The van der Waals surface area contributed by atoms with Gasteiger partial charge in [-0.2, -0.15) is 0 Å². The van der Waals surface area contributed by atoms with Crippen molar-refractivity contribution in [1.29, 1.82) is 0 Å². The molecule has 0 N–H and O–H groups in total. The van der Waals surface area contributed by atoms with Crippen LogP contribution in [-0.4, -0.2) is 27.4 Å². The van der Waals surface area contributed by atoms with Gasteiger partial charge in [-0.05, 0) is 194 Å². The average Bonchev–Trinajstić information content (AvgIpc) is 1.47. The minimum Gasteiger partial charge on any atom is -0.309 e. The summed E-state index contributed by atoms with van der Waals surface area (Å²) < 4.78 is 14.5. The highest BCUT2D eigenvalue weighted by atomic mass is 15.0. The highest BCUT2D eigenvalue weighted by Gasteiger charge is 2.24. The predicted octanol–water partition coefficient (Wildman–Crippen LogP) is 33.3. The molecule has 0 aliphatic rings. The third-order valence-electron chi connectivity index (χ3n) is 27.1. The second kappa shape index (κ2) is 30.2. The Morgan fingerprint density at radius 2 is 0.285 bits per heavy atom. The van der Waals surface area contributed by atoms with Crippen molar-refractivity contribution in [2.45, 2.75) is 0 Å². The van der Waals surface area contributed by atoms with Crippen LogP contribution >= 0.6 is 0 Å². The molecule has 6 heterocycles. The molecule has 130 heavy (non-hydrogen) atoms. The zero-order valence-corrected chi connectivity index (χ0v) is 70.9. The van der Waals surface area contributed by atoms with Crippen molar-refractivity contribution >= 4 is 174 Å². The fourth-order valence-corrected chi connectivity index (χ4v) is 21.3. The lowest BCUT2D eigenvalue weighted by atomic mass is 10.0. The van der Waals surface area contributed by atoms with Gasteiger partial charge in [0.2, 0.25) is 0 Å². The lowest BCUT2D eigenvalue weighted by Crippen LogP contribution is -1.95. The van der Waals surface area contributed by atoms with Crippen LogP contribution in [0, 0.1) is 0 Å². The van der Waals surface area contributed by atoms with Gasteiger partial charge >= 0.3 is 0 Å². The van der Waals surface area contributed by atoms with E-state index in [-0.39, 0.29) is 0 Å². The zero-order chi connectivity index (χ0) is 85.4. The monoisotopic (exact) mass is 1650 g/mol. The Kier molecular flexibility index (Phi) is 17.2. The van der Waals surface area contributed by atoms with Gasteiger partial charge in [-0.25, -0.2) is 0 Å². The second-order valence-corrected chi connectivity index (χ2v) is 34.2. The fourth-order valence-electron chi connectivity index (χ4n) is 21.3. The molecular weight excluding hydrogens is 1570 g/mol. The summed E-state index contributed by atoms with van der Waals surface area (Å²) in [6.45, 7) is 0. The van der Waals surface area contributed by atoms with E-state index in [1.165, 1.54) is 241 Å². The van der Waals surface area contributed by atoms with Gasteiger partial charge in [-0.15, -0.1) is 0 Å². The molecule has 0 atom stereocenters. The minimum absolute atomic E-state index is 1.18. The molecular formula is C124H80N6. The number of para-hydroxylation sites is 8. The number of rotatable bonds is 9. The Morgan fingerprint density at radius 1 is 0.100 bits per heavy atom. The van der Waals surface area contributed by atoms with E-state index >= 15 is 0 Å². The van der Waals surface area contributed by atoms with Gasteiger partial charge in [0.15, 0.2) is 0 Å². The summed E-state index contributed by atoms with van der Waals surface area (Å²) in [7, 11) is 0. The minimum atomic E-state index is 1.18. The van der Waals surface area contributed by atoms with E-state index in [9.17, 15) is 0 Å². The summed E-state index contributed by atoms with van der Waals surface area (Å²) in [6, 6.07) is 177. The quantitative estimate of drug-likeness (QED) is 0.138. The van der Waals surface area contributed by atoms with Crippen LogP contribution in [0.3, 0.4) is 0 Å². The van der Waals surface area contributed by atoms with Crippen LogP contribution in [0.4, 0.5) is 0 Å². The number of fused-ring (bicyclic) bond motifs is 22. The zero-order valence-electron chi connectivity index (χ0n) is 70.9. The predicted molar refractivity (Wildman–Crippen MR) is 552 cm³/mol. The SMILES string of the molecule is c1ccc(-n2c3ccccc3c3cc(-c4ccc5c6ccccc6n(-c6cccc7ccccc67)c5c4)ccc32)cc1.c1ccc(-n2c3ccccc3c3ccc(-c4ccc5c(c4)c4ccccc4n5-c4cccc5ccccc45)cc32)cc1.c1ccc2c(-n3c4ccccc4c4cc(-c5ccc6c7ccccc7n(-c7cccc8ccccc78)c6c5)ccc43)cccc2c1. The van der Waals surface area contributed by atoms with Crippen molar-refractivity contribution in [3.63, 3.8) is 0 Å². The first-order chi connectivity index (χ1) is 64.5. The third-order valence-corrected chi connectivity index (χ3v) is 27.1. The van der Waals surface area contributed by atoms with Gasteiger partial charge in [-0.3, -0.25) is 0 Å². The van der Waals surface area contributed by atoms with Gasteiger partial charge < -0.3 is 27.4 Å². The van der Waals surface area contributed by atoms with Crippen LogP contribution in [0.15, 0.2) is 485 Å². The summed E-state index contributed by atoms with van der Waals surface area (Å²) in [5, 5.41) is 25.2. The van der Waals surface area contributed by atoms with E-state index in [0.29, 0.717) is 0 Å². The fraction of sp³-hybridized carbons (Fsp3) is 0. The number of hydrogen-bond donors (Lipinski definition) is 0. The Hall–Kier alpha value is -17.3. The van der Waals surface area contributed by atoms with Crippen LogP contribution < -0.4 is 0 Å². The maximum absolute atomic E-state index is 2.45. The smallest absolute Gasteiger partial charge is 0.0547 e. The second-order valence-electron chi connectivity index (χ2n) is 34.2. The Balaban J connectivity index is 0.000000103. The molecule has 6 aromatic heterocycles. The third kappa shape index (κ3) is 11.9. The Morgan fingerprint density at radius 3 is 0.585 bits per heavy atom. The highest BCUT2D eigenvalue weighted by Crippen LogP contribution is 2.46. The number of hydrogen-bond acceptors (Lipinski definition) is 0. The molecule has 606 valence electrons. The van der Waals surface area contributed by atoms with Crippen LogP contribution in [0.25, 0.3) is 241 Å². The summed E-state index contributed by atoms with van der Waals surface area (Å²) in [5.41, 5.74) is 29.1. The first-order valence-corrected chi connectivity index (χ1v) is 44.8. The molecule has 28 aromatic rings. The highest BCUT2D eigenvalue weighted by molar-refractivity contribution is 6.18. The van der Waals surface area contributed by atoms with Gasteiger partial charge in [0, 0.05) is 97.6 Å². The molecule has 0 unspecified atom stereocenters. The maximum atomic E-state index is 2.45. The molecule has 0 radical (unpaired) electrons. The van der Waals surface area contributed by atoms with Crippen molar-refractivity contribution in [2.24, 2.45) is 0 Å². The van der Waals surface area contributed by atoms with Crippen LogP contribution in [0.5, 0.6) is 0 Å². The molecule has 0 aliphatic heterocycles. The van der Waals surface area contributed by atoms with Gasteiger partial charge in [0.05, 0.1) is 88.9 Å². The maximum Gasteiger partial charge on any atom is 0.0547 e. The Labute approximate surface area is 748 Å². The van der Waals surface area contributed by atoms with E-state index in [0.717, 1.165) is 0 Å². The Bertz CT molecular complexity index is 9430. The van der Waals surface area contributed by atoms with Crippen molar-refractivity contribution < 1.29 is 0 Å². The van der Waals surface area contributed by atoms with Crippen LogP contribution in [0.1, 0.15) is 0 Å². The first kappa shape index (κ1) is 74.1.